The molecule has 0 radical (unpaired) electrons. The van der Waals surface area contributed by atoms with Gasteiger partial charge in [-0.2, -0.15) is 0 Å². The van der Waals surface area contributed by atoms with E-state index in [4.69, 9.17) is 4.98 Å². The predicted octanol–water partition coefficient (Wildman–Crippen LogP) is 3.49. The van der Waals surface area contributed by atoms with Crippen molar-refractivity contribution >= 4 is 29.3 Å². The molecule has 1 atom stereocenters. The van der Waals surface area contributed by atoms with Crippen LogP contribution in [-0.4, -0.2) is 29.1 Å². The molecule has 1 saturated heterocycles. The number of hydrogen-bond acceptors (Lipinski definition) is 4. The van der Waals surface area contributed by atoms with Crippen LogP contribution in [0.2, 0.25) is 0 Å². The lowest BCUT2D eigenvalue weighted by atomic mass is 10.1. The summed E-state index contributed by atoms with van der Waals surface area (Å²) in [7, 11) is 0. The molecule has 3 aromatic rings. The van der Waals surface area contributed by atoms with Gasteiger partial charge in [0, 0.05) is 23.5 Å². The molecule has 4 nitrogen and oxygen atoms in total. The monoisotopic (exact) mass is 326 g/mol. The molecule has 1 aromatic heterocycles. The van der Waals surface area contributed by atoms with Gasteiger partial charge in [0.25, 0.3) is 0 Å². The number of nitrogens with zero attached hydrogens (tertiary/aromatic N) is 2. The topological polar surface area (TPSA) is 49.8 Å². The second-order valence-corrected chi connectivity index (χ2v) is 5.61. The molecule has 0 amide bonds. The summed E-state index contributed by atoms with van der Waals surface area (Å²) in [5.41, 5.74) is 3.08. The highest BCUT2D eigenvalue weighted by Crippen LogP contribution is 2.27. The Labute approximate surface area is 141 Å². The Hall–Kier alpha value is -2.17. The highest BCUT2D eigenvalue weighted by Gasteiger charge is 2.16. The van der Waals surface area contributed by atoms with Crippen LogP contribution in [0.3, 0.4) is 0 Å². The maximum atomic E-state index is 4.78. The summed E-state index contributed by atoms with van der Waals surface area (Å²) >= 11 is 0. The van der Waals surface area contributed by atoms with Crippen LogP contribution in [0.5, 0.6) is 0 Å². The molecule has 1 fully saturated rings. The van der Waals surface area contributed by atoms with E-state index in [0.717, 1.165) is 41.7 Å². The summed E-state index contributed by atoms with van der Waals surface area (Å²) in [5, 5.41) is 7.90. The van der Waals surface area contributed by atoms with E-state index in [1.54, 1.807) is 0 Å². The van der Waals surface area contributed by atoms with E-state index >= 15 is 0 Å². The molecular formula is C18H19ClN4. The molecule has 0 saturated carbocycles. The van der Waals surface area contributed by atoms with Gasteiger partial charge >= 0.3 is 0 Å². The maximum Gasteiger partial charge on any atom is 0.224 e. The van der Waals surface area contributed by atoms with Crippen LogP contribution in [0.25, 0.3) is 22.2 Å². The van der Waals surface area contributed by atoms with Gasteiger partial charge in [-0.15, -0.1) is 12.4 Å². The second kappa shape index (κ2) is 6.94. The molecule has 4 rings (SSSR count). The average molecular weight is 327 g/mol. The molecular weight excluding hydrogens is 308 g/mol. The van der Waals surface area contributed by atoms with E-state index in [2.05, 4.69) is 33.8 Å². The molecule has 1 aliphatic rings. The van der Waals surface area contributed by atoms with Crippen molar-refractivity contribution in [2.45, 2.75) is 12.5 Å². The SMILES string of the molecule is Cl.c1ccc(-c2nc(N[C@H]3CCNC3)nc3ccccc23)cc1. The predicted molar refractivity (Wildman–Crippen MR) is 97.1 cm³/mol. The van der Waals surface area contributed by atoms with Gasteiger partial charge in [-0.25, -0.2) is 9.97 Å². The minimum atomic E-state index is 0. The Morgan fingerprint density at radius 3 is 2.52 bits per heavy atom. The zero-order valence-corrected chi connectivity index (χ0v) is 13.5. The maximum absolute atomic E-state index is 4.78. The number of anilines is 1. The number of rotatable bonds is 3. The summed E-state index contributed by atoms with van der Waals surface area (Å²) in [6.07, 6.45) is 1.11. The third kappa shape index (κ3) is 3.28. The number of hydrogen-bond donors (Lipinski definition) is 2. The van der Waals surface area contributed by atoms with Crippen molar-refractivity contribution in [1.29, 1.82) is 0 Å². The largest absolute Gasteiger partial charge is 0.350 e. The quantitative estimate of drug-likeness (QED) is 0.773. The molecule has 1 aliphatic heterocycles. The molecule has 118 valence electrons. The fraction of sp³-hybridized carbons (Fsp3) is 0.222. The summed E-state index contributed by atoms with van der Waals surface area (Å²) < 4.78 is 0. The van der Waals surface area contributed by atoms with Crippen LogP contribution in [-0.2, 0) is 0 Å². The Morgan fingerprint density at radius 1 is 0.957 bits per heavy atom. The van der Waals surface area contributed by atoms with Crippen molar-refractivity contribution in [3.63, 3.8) is 0 Å². The Balaban J connectivity index is 0.00000156. The van der Waals surface area contributed by atoms with E-state index in [1.807, 2.05) is 36.4 Å². The van der Waals surface area contributed by atoms with Crippen molar-refractivity contribution in [2.75, 3.05) is 18.4 Å². The Bertz CT molecular complexity index is 785. The molecule has 0 spiro atoms. The lowest BCUT2D eigenvalue weighted by Gasteiger charge is -2.14. The van der Waals surface area contributed by atoms with Crippen molar-refractivity contribution in [3.8, 4) is 11.3 Å². The molecule has 0 unspecified atom stereocenters. The molecule has 5 heteroatoms. The Kier molecular flexibility index (Phi) is 4.74. The number of benzene rings is 2. The lowest BCUT2D eigenvalue weighted by Crippen LogP contribution is -2.23. The van der Waals surface area contributed by atoms with Gasteiger partial charge in [-0.3, -0.25) is 0 Å². The molecule has 2 heterocycles. The van der Waals surface area contributed by atoms with Crippen LogP contribution >= 0.6 is 12.4 Å². The average Bonchev–Trinajstić information content (AvgIpc) is 3.08. The minimum absolute atomic E-state index is 0. The van der Waals surface area contributed by atoms with Gasteiger partial charge in [-0.05, 0) is 19.0 Å². The highest BCUT2D eigenvalue weighted by molar-refractivity contribution is 5.93. The van der Waals surface area contributed by atoms with Gasteiger partial charge in [0.15, 0.2) is 0 Å². The fourth-order valence-electron chi connectivity index (χ4n) is 2.92. The van der Waals surface area contributed by atoms with E-state index in [0.29, 0.717) is 12.0 Å². The van der Waals surface area contributed by atoms with Gasteiger partial charge in [0.2, 0.25) is 5.95 Å². The first kappa shape index (κ1) is 15.7. The van der Waals surface area contributed by atoms with Crippen LogP contribution < -0.4 is 10.6 Å². The summed E-state index contributed by atoms with van der Waals surface area (Å²) in [5.74, 6) is 0.714. The molecule has 2 N–H and O–H groups in total. The first-order chi connectivity index (χ1) is 10.9. The summed E-state index contributed by atoms with van der Waals surface area (Å²) in [6.45, 7) is 2.02. The molecule has 23 heavy (non-hydrogen) atoms. The molecule has 2 aromatic carbocycles. The highest BCUT2D eigenvalue weighted by atomic mass is 35.5. The number of fused-ring (bicyclic) bond motifs is 1. The van der Waals surface area contributed by atoms with Crippen molar-refractivity contribution in [3.05, 3.63) is 54.6 Å². The zero-order valence-electron chi connectivity index (χ0n) is 12.7. The normalized spacial score (nSPS) is 17.0. The van der Waals surface area contributed by atoms with E-state index in [1.165, 1.54) is 0 Å². The molecule has 0 bridgehead atoms. The minimum Gasteiger partial charge on any atom is -0.350 e. The lowest BCUT2D eigenvalue weighted by molar-refractivity contribution is 0.782. The number of para-hydroxylation sites is 1. The van der Waals surface area contributed by atoms with Gasteiger partial charge in [0.1, 0.15) is 0 Å². The first-order valence-electron chi connectivity index (χ1n) is 7.69. The third-order valence-electron chi connectivity index (χ3n) is 4.04. The molecule has 0 aliphatic carbocycles. The van der Waals surface area contributed by atoms with Crippen LogP contribution in [0.1, 0.15) is 6.42 Å². The fourth-order valence-corrected chi connectivity index (χ4v) is 2.92. The first-order valence-corrected chi connectivity index (χ1v) is 7.69. The van der Waals surface area contributed by atoms with Gasteiger partial charge < -0.3 is 10.6 Å². The van der Waals surface area contributed by atoms with Crippen molar-refractivity contribution in [1.82, 2.24) is 15.3 Å². The van der Waals surface area contributed by atoms with Crippen LogP contribution in [0.15, 0.2) is 54.6 Å². The van der Waals surface area contributed by atoms with Gasteiger partial charge in [-0.1, -0.05) is 48.5 Å². The smallest absolute Gasteiger partial charge is 0.224 e. The zero-order chi connectivity index (χ0) is 14.8. The van der Waals surface area contributed by atoms with E-state index in [9.17, 15) is 0 Å². The summed E-state index contributed by atoms with van der Waals surface area (Å²) in [6, 6.07) is 18.9. The van der Waals surface area contributed by atoms with Crippen LogP contribution in [0.4, 0.5) is 5.95 Å². The number of halogens is 1. The van der Waals surface area contributed by atoms with Crippen LogP contribution in [0, 0.1) is 0 Å². The van der Waals surface area contributed by atoms with Gasteiger partial charge in [0.05, 0.1) is 11.2 Å². The van der Waals surface area contributed by atoms with E-state index < -0.39 is 0 Å². The number of aromatic nitrogens is 2. The Morgan fingerprint density at radius 2 is 1.74 bits per heavy atom. The standard InChI is InChI=1S/C18H18N4.ClH/c1-2-6-13(7-3-1)17-15-8-4-5-9-16(15)21-18(22-17)20-14-10-11-19-12-14;/h1-9,14,19H,10-12H2,(H,20,21,22);1H/t14-;/m0./s1. The second-order valence-electron chi connectivity index (χ2n) is 5.61. The summed E-state index contributed by atoms with van der Waals surface area (Å²) in [4.78, 5) is 9.46. The van der Waals surface area contributed by atoms with Crippen molar-refractivity contribution in [2.24, 2.45) is 0 Å². The van der Waals surface area contributed by atoms with Crippen molar-refractivity contribution < 1.29 is 0 Å². The third-order valence-corrected chi connectivity index (χ3v) is 4.04. The van der Waals surface area contributed by atoms with E-state index in [-0.39, 0.29) is 12.4 Å². The number of nitrogens with one attached hydrogen (secondary N) is 2.